The van der Waals surface area contributed by atoms with Gasteiger partial charge in [0.2, 0.25) is 10.0 Å². The number of fused-ring (bicyclic) bond motifs is 1. The van der Waals surface area contributed by atoms with Crippen molar-refractivity contribution in [2.24, 2.45) is 0 Å². The number of aliphatic hydroxyl groups excluding tert-OH is 1. The lowest BCUT2D eigenvalue weighted by molar-refractivity contribution is 0.151. The maximum absolute atomic E-state index is 13.6. The summed E-state index contributed by atoms with van der Waals surface area (Å²) in [6.45, 7) is 1.57. The summed E-state index contributed by atoms with van der Waals surface area (Å²) >= 11 is 0. The van der Waals surface area contributed by atoms with Crippen LogP contribution in [0.4, 0.5) is 4.39 Å². The molecule has 3 rings (SSSR count). The van der Waals surface area contributed by atoms with E-state index in [1.807, 2.05) is 12.1 Å². The third-order valence-electron chi connectivity index (χ3n) is 3.94. The van der Waals surface area contributed by atoms with Crippen molar-refractivity contribution in [2.45, 2.75) is 30.4 Å². The Labute approximate surface area is 128 Å². The number of aliphatic hydroxyl groups is 1. The molecule has 0 heterocycles. The first kappa shape index (κ1) is 15.1. The predicted octanol–water partition coefficient (Wildman–Crippen LogP) is 2.07. The maximum Gasteiger partial charge on any atom is 0.241 e. The van der Waals surface area contributed by atoms with E-state index in [0.717, 1.165) is 17.2 Å². The summed E-state index contributed by atoms with van der Waals surface area (Å²) < 4.78 is 40.9. The molecule has 0 fully saturated rings. The molecular formula is C16H16FNO3S. The summed E-state index contributed by atoms with van der Waals surface area (Å²) in [5, 5.41) is 10.1. The average molecular weight is 321 g/mol. The summed E-state index contributed by atoms with van der Waals surface area (Å²) in [5.74, 6) is -0.574. The highest BCUT2D eigenvalue weighted by Gasteiger charge is 2.34. The highest BCUT2D eigenvalue weighted by molar-refractivity contribution is 7.89. The zero-order valence-corrected chi connectivity index (χ0v) is 12.8. The summed E-state index contributed by atoms with van der Waals surface area (Å²) in [5.41, 5.74) is 2.05. The number of nitrogens with one attached hydrogen (secondary N) is 1. The molecule has 0 saturated heterocycles. The molecule has 0 amide bonds. The number of hydrogen-bond acceptors (Lipinski definition) is 3. The first-order valence-electron chi connectivity index (χ1n) is 6.93. The lowest BCUT2D eigenvalue weighted by atomic mass is 10.1. The second kappa shape index (κ2) is 5.46. The van der Waals surface area contributed by atoms with Crippen LogP contribution in [0.25, 0.3) is 0 Å². The lowest BCUT2D eigenvalue weighted by Crippen LogP contribution is -2.34. The molecule has 2 aromatic rings. The van der Waals surface area contributed by atoms with Gasteiger partial charge in [0, 0.05) is 6.42 Å². The Morgan fingerprint density at radius 1 is 1.23 bits per heavy atom. The largest absolute Gasteiger partial charge is 0.391 e. The van der Waals surface area contributed by atoms with Crippen LogP contribution >= 0.6 is 0 Å². The van der Waals surface area contributed by atoms with Crippen LogP contribution in [0.15, 0.2) is 47.4 Å². The lowest BCUT2D eigenvalue weighted by Gasteiger charge is -2.18. The van der Waals surface area contributed by atoms with Crippen molar-refractivity contribution in [3.63, 3.8) is 0 Å². The van der Waals surface area contributed by atoms with E-state index in [9.17, 15) is 17.9 Å². The fourth-order valence-electron chi connectivity index (χ4n) is 2.69. The fraction of sp³-hybridized carbons (Fsp3) is 0.250. The van der Waals surface area contributed by atoms with E-state index in [-0.39, 0.29) is 4.90 Å². The van der Waals surface area contributed by atoms with Crippen molar-refractivity contribution in [1.82, 2.24) is 4.72 Å². The van der Waals surface area contributed by atoms with E-state index < -0.39 is 28.0 Å². The monoisotopic (exact) mass is 321 g/mol. The quantitative estimate of drug-likeness (QED) is 0.909. The van der Waals surface area contributed by atoms with Crippen LogP contribution in [0.1, 0.15) is 22.7 Å². The topological polar surface area (TPSA) is 66.4 Å². The molecule has 116 valence electrons. The minimum atomic E-state index is -3.91. The molecule has 22 heavy (non-hydrogen) atoms. The summed E-state index contributed by atoms with van der Waals surface area (Å²) in [4.78, 5) is -0.146. The molecule has 0 bridgehead atoms. The Bertz CT molecular complexity index is 820. The SMILES string of the molecule is Cc1ccc(S(=O)(=O)NC2c3ccccc3CC2O)cc1F. The molecule has 0 spiro atoms. The van der Waals surface area contributed by atoms with Gasteiger partial charge < -0.3 is 5.11 Å². The van der Waals surface area contributed by atoms with Gasteiger partial charge in [0.15, 0.2) is 0 Å². The average Bonchev–Trinajstić information content (AvgIpc) is 2.78. The van der Waals surface area contributed by atoms with Crippen molar-refractivity contribution in [3.8, 4) is 0 Å². The Morgan fingerprint density at radius 2 is 1.95 bits per heavy atom. The Hall–Kier alpha value is -1.76. The molecule has 0 aromatic heterocycles. The van der Waals surface area contributed by atoms with Crippen LogP contribution in [0.2, 0.25) is 0 Å². The maximum atomic E-state index is 13.6. The number of rotatable bonds is 3. The van der Waals surface area contributed by atoms with Crippen molar-refractivity contribution in [1.29, 1.82) is 0 Å². The molecule has 0 aliphatic heterocycles. The van der Waals surface area contributed by atoms with Crippen LogP contribution in [0.3, 0.4) is 0 Å². The molecule has 2 unspecified atom stereocenters. The second-order valence-corrected chi connectivity index (χ2v) is 7.19. The van der Waals surface area contributed by atoms with Gasteiger partial charge in [-0.25, -0.2) is 17.5 Å². The first-order valence-corrected chi connectivity index (χ1v) is 8.41. The third kappa shape index (κ3) is 2.65. The molecule has 6 heteroatoms. The standard InChI is InChI=1S/C16H16FNO3S/c1-10-6-7-12(9-14(10)17)22(20,21)18-16-13-5-3-2-4-11(13)8-15(16)19/h2-7,9,15-16,18-19H,8H2,1H3. The molecule has 2 atom stereocenters. The van der Waals surface area contributed by atoms with Gasteiger partial charge in [-0.3, -0.25) is 0 Å². The van der Waals surface area contributed by atoms with Gasteiger partial charge in [-0.1, -0.05) is 30.3 Å². The van der Waals surface area contributed by atoms with Crippen LogP contribution in [-0.4, -0.2) is 19.6 Å². The molecule has 0 saturated carbocycles. The Kier molecular flexibility index (Phi) is 3.76. The molecular weight excluding hydrogens is 305 g/mol. The van der Waals surface area contributed by atoms with Gasteiger partial charge in [0.25, 0.3) is 0 Å². The van der Waals surface area contributed by atoms with Gasteiger partial charge in [-0.2, -0.15) is 0 Å². The smallest absolute Gasteiger partial charge is 0.241 e. The minimum Gasteiger partial charge on any atom is -0.391 e. The number of sulfonamides is 1. The number of halogens is 1. The zero-order valence-electron chi connectivity index (χ0n) is 12.0. The van der Waals surface area contributed by atoms with Crippen molar-refractivity contribution >= 4 is 10.0 Å². The fourth-order valence-corrected chi connectivity index (χ4v) is 3.95. The van der Waals surface area contributed by atoms with Gasteiger partial charge in [0.05, 0.1) is 17.0 Å². The van der Waals surface area contributed by atoms with Crippen LogP contribution in [0.5, 0.6) is 0 Å². The normalized spacial score (nSPS) is 20.9. The van der Waals surface area contributed by atoms with E-state index in [1.165, 1.54) is 12.1 Å². The van der Waals surface area contributed by atoms with Gasteiger partial charge in [-0.15, -0.1) is 0 Å². The highest BCUT2D eigenvalue weighted by atomic mass is 32.2. The van der Waals surface area contributed by atoms with Crippen molar-refractivity contribution in [2.75, 3.05) is 0 Å². The van der Waals surface area contributed by atoms with Gasteiger partial charge in [0.1, 0.15) is 5.82 Å². The molecule has 2 N–H and O–H groups in total. The summed E-state index contributed by atoms with van der Waals surface area (Å²) in [7, 11) is -3.91. The van der Waals surface area contributed by atoms with E-state index in [0.29, 0.717) is 12.0 Å². The van der Waals surface area contributed by atoms with E-state index in [1.54, 1.807) is 19.1 Å². The van der Waals surface area contributed by atoms with Gasteiger partial charge in [-0.05, 0) is 35.7 Å². The third-order valence-corrected chi connectivity index (χ3v) is 5.38. The first-order chi connectivity index (χ1) is 10.4. The molecule has 4 nitrogen and oxygen atoms in total. The van der Waals surface area contributed by atoms with E-state index >= 15 is 0 Å². The Balaban J connectivity index is 1.93. The summed E-state index contributed by atoms with van der Waals surface area (Å²) in [6.07, 6.45) is -0.437. The highest BCUT2D eigenvalue weighted by Crippen LogP contribution is 2.32. The molecule has 2 aromatic carbocycles. The van der Waals surface area contributed by atoms with E-state index in [2.05, 4.69) is 4.72 Å². The van der Waals surface area contributed by atoms with E-state index in [4.69, 9.17) is 0 Å². The predicted molar refractivity (Wildman–Crippen MR) is 80.4 cm³/mol. The van der Waals surface area contributed by atoms with Crippen LogP contribution in [-0.2, 0) is 16.4 Å². The Morgan fingerprint density at radius 3 is 2.68 bits per heavy atom. The number of benzene rings is 2. The van der Waals surface area contributed by atoms with Crippen molar-refractivity contribution < 1.29 is 17.9 Å². The second-order valence-electron chi connectivity index (χ2n) is 5.48. The number of hydrogen-bond donors (Lipinski definition) is 2. The van der Waals surface area contributed by atoms with Crippen LogP contribution < -0.4 is 4.72 Å². The number of aryl methyl sites for hydroxylation is 1. The zero-order chi connectivity index (χ0) is 15.9. The molecule has 1 aliphatic rings. The molecule has 1 aliphatic carbocycles. The van der Waals surface area contributed by atoms with Crippen molar-refractivity contribution in [3.05, 3.63) is 65.0 Å². The minimum absolute atomic E-state index is 0.146. The van der Waals surface area contributed by atoms with Gasteiger partial charge >= 0.3 is 0 Å². The summed E-state index contributed by atoms with van der Waals surface area (Å²) in [6, 6.07) is 10.3. The van der Waals surface area contributed by atoms with Crippen LogP contribution in [0, 0.1) is 12.7 Å². The molecule has 0 radical (unpaired) electrons.